The van der Waals surface area contributed by atoms with Crippen LogP contribution in [0.4, 0.5) is 5.69 Å². The number of halogens is 1. The van der Waals surface area contributed by atoms with Gasteiger partial charge in [0.2, 0.25) is 0 Å². The fourth-order valence-corrected chi connectivity index (χ4v) is 2.92. The van der Waals surface area contributed by atoms with Crippen molar-refractivity contribution in [3.63, 3.8) is 0 Å². The number of hydrogen-bond donors (Lipinski definition) is 0. The molecule has 1 heterocycles. The summed E-state index contributed by atoms with van der Waals surface area (Å²) in [7, 11) is 0. The first-order valence-corrected chi connectivity index (χ1v) is 5.91. The van der Waals surface area contributed by atoms with Crippen molar-refractivity contribution >= 4 is 17.3 Å². The van der Waals surface area contributed by atoms with Crippen LogP contribution in [0, 0.1) is 11.5 Å². The molecule has 2 bridgehead atoms. The topological polar surface area (TPSA) is 30.3 Å². The molecule has 0 amide bonds. The Hall–Kier alpha value is -1.40. The first-order chi connectivity index (χ1) is 7.79. The Balaban J connectivity index is 1.95. The Kier molecular flexibility index (Phi) is 2.19. The highest BCUT2D eigenvalue weighted by atomic mass is 35.5. The van der Waals surface area contributed by atoms with Crippen LogP contribution in [0.5, 0.6) is 0 Å². The number of hydrogen-bond acceptors (Lipinski definition) is 3. The van der Waals surface area contributed by atoms with E-state index in [0.717, 1.165) is 23.6 Å². The Labute approximate surface area is 99.8 Å². The summed E-state index contributed by atoms with van der Waals surface area (Å²) in [5.74, 6) is 0. The van der Waals surface area contributed by atoms with Crippen molar-refractivity contribution in [1.29, 1.82) is 5.26 Å². The predicted octanol–water partition coefficient (Wildman–Crippen LogP) is 2.78. The number of nitriles is 1. The van der Waals surface area contributed by atoms with Gasteiger partial charge in [0.05, 0.1) is 17.8 Å². The van der Waals surface area contributed by atoms with E-state index in [-0.39, 0.29) is 0 Å². The minimum Gasteiger partial charge on any atom is -0.273 e. The first-order valence-electron chi connectivity index (χ1n) is 5.53. The van der Waals surface area contributed by atoms with E-state index in [1.54, 1.807) is 0 Å². The molecule has 4 heteroatoms. The van der Waals surface area contributed by atoms with E-state index in [0.29, 0.717) is 12.1 Å². The lowest BCUT2D eigenvalue weighted by atomic mass is 10.2. The molecule has 1 aliphatic carbocycles. The molecule has 1 aromatic carbocycles. The highest BCUT2D eigenvalue weighted by Gasteiger charge is 2.44. The summed E-state index contributed by atoms with van der Waals surface area (Å²) in [4.78, 5) is 0. The average molecular weight is 234 g/mol. The first kappa shape index (κ1) is 9.80. The van der Waals surface area contributed by atoms with E-state index in [2.05, 4.69) is 11.2 Å². The quantitative estimate of drug-likeness (QED) is 0.699. The van der Waals surface area contributed by atoms with Crippen molar-refractivity contribution in [3.8, 4) is 6.19 Å². The van der Waals surface area contributed by atoms with E-state index >= 15 is 0 Å². The van der Waals surface area contributed by atoms with E-state index in [4.69, 9.17) is 11.6 Å². The van der Waals surface area contributed by atoms with Crippen molar-refractivity contribution < 1.29 is 0 Å². The van der Waals surface area contributed by atoms with Gasteiger partial charge in [0.15, 0.2) is 6.19 Å². The largest absolute Gasteiger partial charge is 0.273 e. The van der Waals surface area contributed by atoms with E-state index < -0.39 is 0 Å². The van der Waals surface area contributed by atoms with Crippen LogP contribution < -0.4 is 5.01 Å². The monoisotopic (exact) mass is 233 g/mol. The number of fused-ring (bicyclic) bond motifs is 2. The minimum absolute atomic E-state index is 0.408. The van der Waals surface area contributed by atoms with Crippen LogP contribution in [-0.2, 0) is 0 Å². The van der Waals surface area contributed by atoms with Gasteiger partial charge in [-0.3, -0.25) is 5.01 Å². The van der Waals surface area contributed by atoms with Gasteiger partial charge in [-0.1, -0.05) is 11.6 Å². The molecular weight excluding hydrogens is 222 g/mol. The minimum atomic E-state index is 0.408. The lowest BCUT2D eigenvalue weighted by Gasteiger charge is -2.35. The van der Waals surface area contributed by atoms with Crippen molar-refractivity contribution in [2.24, 2.45) is 0 Å². The van der Waals surface area contributed by atoms with Crippen molar-refractivity contribution in [1.82, 2.24) is 5.01 Å². The van der Waals surface area contributed by atoms with Gasteiger partial charge in [-0.25, -0.2) is 5.01 Å². The zero-order valence-electron chi connectivity index (χ0n) is 8.81. The summed E-state index contributed by atoms with van der Waals surface area (Å²) in [6, 6.07) is 8.61. The summed E-state index contributed by atoms with van der Waals surface area (Å²) >= 11 is 5.87. The molecule has 1 saturated heterocycles. The van der Waals surface area contributed by atoms with Gasteiger partial charge in [0.1, 0.15) is 0 Å². The van der Waals surface area contributed by atoms with Crippen LogP contribution in [0.3, 0.4) is 0 Å². The smallest absolute Gasteiger partial charge is 0.200 e. The molecule has 2 unspecified atom stereocenters. The maximum Gasteiger partial charge on any atom is 0.200 e. The molecule has 82 valence electrons. The van der Waals surface area contributed by atoms with Crippen LogP contribution >= 0.6 is 11.6 Å². The number of benzene rings is 1. The molecule has 2 fully saturated rings. The molecule has 0 N–H and O–H groups in total. The normalized spacial score (nSPS) is 27.2. The third-order valence-electron chi connectivity index (χ3n) is 3.49. The van der Waals surface area contributed by atoms with E-state index in [1.807, 2.05) is 29.3 Å². The number of anilines is 1. The molecule has 3 rings (SSSR count). The van der Waals surface area contributed by atoms with Crippen LogP contribution in [0.25, 0.3) is 0 Å². The van der Waals surface area contributed by atoms with Gasteiger partial charge in [0, 0.05) is 5.02 Å². The zero-order valence-corrected chi connectivity index (χ0v) is 9.56. The SMILES string of the molecule is N#CN1C2CCC(C2)N1c1ccc(Cl)cc1. The number of rotatable bonds is 1. The fraction of sp³-hybridized carbons (Fsp3) is 0.417. The Bertz CT molecular complexity index is 437. The summed E-state index contributed by atoms with van der Waals surface area (Å²) in [6.45, 7) is 0. The van der Waals surface area contributed by atoms with Crippen LogP contribution in [0.15, 0.2) is 24.3 Å². The van der Waals surface area contributed by atoms with Crippen molar-refractivity contribution in [2.45, 2.75) is 31.3 Å². The van der Waals surface area contributed by atoms with Gasteiger partial charge in [0.25, 0.3) is 0 Å². The molecule has 1 aromatic rings. The second kappa shape index (κ2) is 3.57. The number of hydrazine groups is 1. The molecule has 2 atom stereocenters. The highest BCUT2D eigenvalue weighted by molar-refractivity contribution is 6.30. The molecule has 2 aliphatic rings. The maximum absolute atomic E-state index is 9.18. The average Bonchev–Trinajstić information content (AvgIpc) is 2.89. The molecule has 0 radical (unpaired) electrons. The molecule has 16 heavy (non-hydrogen) atoms. The maximum atomic E-state index is 9.18. The van der Waals surface area contributed by atoms with E-state index in [9.17, 15) is 5.26 Å². The third-order valence-corrected chi connectivity index (χ3v) is 3.75. The predicted molar refractivity (Wildman–Crippen MR) is 62.8 cm³/mol. The lowest BCUT2D eigenvalue weighted by molar-refractivity contribution is 0.290. The molecule has 0 spiro atoms. The van der Waals surface area contributed by atoms with Crippen molar-refractivity contribution in [3.05, 3.63) is 29.3 Å². The van der Waals surface area contributed by atoms with Gasteiger partial charge < -0.3 is 0 Å². The molecule has 3 nitrogen and oxygen atoms in total. The summed E-state index contributed by atoms with van der Waals surface area (Å²) < 4.78 is 0. The number of nitrogens with zero attached hydrogens (tertiary/aromatic N) is 3. The van der Waals surface area contributed by atoms with Crippen LogP contribution in [0.1, 0.15) is 19.3 Å². The van der Waals surface area contributed by atoms with Crippen molar-refractivity contribution in [2.75, 3.05) is 5.01 Å². The summed E-state index contributed by atoms with van der Waals surface area (Å²) in [5, 5.41) is 13.8. The van der Waals surface area contributed by atoms with Crippen LogP contribution in [0.2, 0.25) is 5.02 Å². The Morgan fingerprint density at radius 2 is 1.88 bits per heavy atom. The van der Waals surface area contributed by atoms with Gasteiger partial charge in [-0.05, 0) is 43.5 Å². The third kappa shape index (κ3) is 1.34. The van der Waals surface area contributed by atoms with Gasteiger partial charge in [-0.15, -0.1) is 0 Å². The molecule has 0 aromatic heterocycles. The Morgan fingerprint density at radius 3 is 2.56 bits per heavy atom. The lowest BCUT2D eigenvalue weighted by Crippen LogP contribution is -2.44. The van der Waals surface area contributed by atoms with Gasteiger partial charge >= 0.3 is 0 Å². The van der Waals surface area contributed by atoms with Gasteiger partial charge in [-0.2, -0.15) is 5.26 Å². The molecular formula is C12H12ClN3. The second-order valence-corrected chi connectivity index (χ2v) is 4.82. The Morgan fingerprint density at radius 1 is 1.19 bits per heavy atom. The molecule has 1 saturated carbocycles. The van der Waals surface area contributed by atoms with E-state index in [1.165, 1.54) is 6.42 Å². The summed E-state index contributed by atoms with van der Waals surface area (Å²) in [6.07, 6.45) is 5.72. The van der Waals surface area contributed by atoms with Crippen LogP contribution in [-0.4, -0.2) is 17.1 Å². The fourth-order valence-electron chi connectivity index (χ4n) is 2.79. The highest BCUT2D eigenvalue weighted by Crippen LogP contribution is 2.40. The summed E-state index contributed by atoms with van der Waals surface area (Å²) in [5.41, 5.74) is 1.07. The molecule has 1 aliphatic heterocycles. The standard InChI is InChI=1S/C12H12ClN3/c13-9-1-3-10(4-2-9)16-12-6-5-11(7-12)15(16)8-14/h1-4,11-12H,5-7H2. The zero-order chi connectivity index (χ0) is 11.1. The second-order valence-electron chi connectivity index (χ2n) is 4.39.